The second kappa shape index (κ2) is 7.25. The minimum Gasteiger partial charge on any atom is -0.354 e. The zero-order valence-corrected chi connectivity index (χ0v) is 14.2. The van der Waals surface area contributed by atoms with Crippen LogP contribution < -0.4 is 5.32 Å². The van der Waals surface area contributed by atoms with Crippen LogP contribution in [-0.4, -0.2) is 44.7 Å². The SMILES string of the molecule is Cc1nnc2n1CCN([C@@H](C)C(=O)NCCC1=CCCCC1)C2. The number of carbonyl (C=O) groups excluding carboxylic acids is 1. The van der Waals surface area contributed by atoms with Crippen molar-refractivity contribution in [3.8, 4) is 0 Å². The van der Waals surface area contributed by atoms with E-state index in [1.807, 2.05) is 13.8 Å². The monoisotopic (exact) mass is 317 g/mol. The van der Waals surface area contributed by atoms with Crippen molar-refractivity contribution < 1.29 is 4.79 Å². The lowest BCUT2D eigenvalue weighted by Gasteiger charge is -2.31. The summed E-state index contributed by atoms with van der Waals surface area (Å²) < 4.78 is 2.14. The molecule has 0 aromatic carbocycles. The molecule has 0 bridgehead atoms. The van der Waals surface area contributed by atoms with Crippen LogP contribution in [0.5, 0.6) is 0 Å². The van der Waals surface area contributed by atoms with Gasteiger partial charge in [0.1, 0.15) is 11.6 Å². The maximum atomic E-state index is 12.4. The number of aryl methyl sites for hydroxylation is 1. The van der Waals surface area contributed by atoms with Crippen molar-refractivity contribution in [1.82, 2.24) is 25.0 Å². The maximum absolute atomic E-state index is 12.4. The van der Waals surface area contributed by atoms with E-state index in [0.717, 1.165) is 37.7 Å². The Bertz CT molecular complexity index is 592. The molecule has 0 spiro atoms. The Kier molecular flexibility index (Phi) is 5.10. The van der Waals surface area contributed by atoms with Crippen molar-refractivity contribution in [2.24, 2.45) is 0 Å². The molecule has 0 fully saturated rings. The Morgan fingerprint density at radius 1 is 1.35 bits per heavy atom. The molecule has 3 rings (SSSR count). The molecule has 0 saturated heterocycles. The van der Waals surface area contributed by atoms with Crippen LogP contribution in [0.15, 0.2) is 11.6 Å². The largest absolute Gasteiger partial charge is 0.354 e. The molecular formula is C17H27N5O. The van der Waals surface area contributed by atoms with E-state index in [-0.39, 0.29) is 11.9 Å². The number of aromatic nitrogens is 3. The molecule has 6 nitrogen and oxygen atoms in total. The minimum absolute atomic E-state index is 0.117. The Balaban J connectivity index is 1.47. The molecule has 1 aromatic heterocycles. The molecule has 2 aliphatic rings. The third kappa shape index (κ3) is 3.80. The highest BCUT2D eigenvalue weighted by atomic mass is 16.2. The second-order valence-corrected chi connectivity index (χ2v) is 6.61. The lowest BCUT2D eigenvalue weighted by Crippen LogP contribution is -2.48. The number of allylic oxidation sites excluding steroid dienone is 1. The molecule has 1 amide bonds. The van der Waals surface area contributed by atoms with Crippen LogP contribution in [0.3, 0.4) is 0 Å². The van der Waals surface area contributed by atoms with Crippen LogP contribution in [0.25, 0.3) is 0 Å². The summed E-state index contributed by atoms with van der Waals surface area (Å²) in [6.07, 6.45) is 8.35. The molecule has 0 unspecified atom stereocenters. The third-order valence-corrected chi connectivity index (χ3v) is 5.03. The van der Waals surface area contributed by atoms with Gasteiger partial charge in [-0.2, -0.15) is 0 Å². The summed E-state index contributed by atoms with van der Waals surface area (Å²) in [5.41, 5.74) is 1.51. The van der Waals surface area contributed by atoms with Crippen molar-refractivity contribution in [3.05, 3.63) is 23.3 Å². The number of hydrogen-bond acceptors (Lipinski definition) is 4. The fourth-order valence-corrected chi connectivity index (χ4v) is 3.44. The number of hydrogen-bond donors (Lipinski definition) is 1. The molecule has 1 N–H and O–H groups in total. The first-order valence-corrected chi connectivity index (χ1v) is 8.73. The Morgan fingerprint density at radius 3 is 3.00 bits per heavy atom. The highest BCUT2D eigenvalue weighted by molar-refractivity contribution is 5.81. The van der Waals surface area contributed by atoms with E-state index in [1.54, 1.807) is 0 Å². The van der Waals surface area contributed by atoms with Gasteiger partial charge in [-0.15, -0.1) is 10.2 Å². The number of fused-ring (bicyclic) bond motifs is 1. The lowest BCUT2D eigenvalue weighted by atomic mass is 9.97. The Morgan fingerprint density at radius 2 is 2.22 bits per heavy atom. The van der Waals surface area contributed by atoms with Gasteiger partial charge < -0.3 is 9.88 Å². The Hall–Kier alpha value is -1.69. The van der Waals surface area contributed by atoms with Crippen LogP contribution in [0, 0.1) is 6.92 Å². The van der Waals surface area contributed by atoms with E-state index in [0.29, 0.717) is 6.54 Å². The van der Waals surface area contributed by atoms with Crippen LogP contribution in [0.1, 0.15) is 50.7 Å². The number of carbonyl (C=O) groups is 1. The summed E-state index contributed by atoms with van der Waals surface area (Å²) in [6, 6.07) is -0.124. The van der Waals surface area contributed by atoms with Crippen molar-refractivity contribution in [1.29, 1.82) is 0 Å². The van der Waals surface area contributed by atoms with Gasteiger partial charge in [0, 0.05) is 19.6 Å². The van der Waals surface area contributed by atoms with E-state index >= 15 is 0 Å². The Labute approximate surface area is 138 Å². The number of nitrogens with one attached hydrogen (secondary N) is 1. The fourth-order valence-electron chi connectivity index (χ4n) is 3.44. The molecular weight excluding hydrogens is 290 g/mol. The highest BCUT2D eigenvalue weighted by Gasteiger charge is 2.27. The zero-order valence-electron chi connectivity index (χ0n) is 14.2. The van der Waals surface area contributed by atoms with Gasteiger partial charge in [0.15, 0.2) is 0 Å². The minimum atomic E-state index is -0.124. The number of nitrogens with zero attached hydrogens (tertiary/aromatic N) is 4. The lowest BCUT2D eigenvalue weighted by molar-refractivity contribution is -0.126. The normalized spacial score (nSPS) is 19.8. The predicted molar refractivity (Wildman–Crippen MR) is 88.8 cm³/mol. The second-order valence-electron chi connectivity index (χ2n) is 6.61. The van der Waals surface area contributed by atoms with Crippen molar-refractivity contribution >= 4 is 5.91 Å². The van der Waals surface area contributed by atoms with Gasteiger partial charge in [-0.3, -0.25) is 9.69 Å². The van der Waals surface area contributed by atoms with Crippen LogP contribution in [0.2, 0.25) is 0 Å². The quantitative estimate of drug-likeness (QED) is 0.841. The summed E-state index contributed by atoms with van der Waals surface area (Å²) in [5.74, 6) is 2.03. The van der Waals surface area contributed by atoms with Gasteiger partial charge >= 0.3 is 0 Å². The molecule has 23 heavy (non-hydrogen) atoms. The smallest absolute Gasteiger partial charge is 0.237 e. The van der Waals surface area contributed by atoms with Crippen molar-refractivity contribution in [3.63, 3.8) is 0 Å². The molecule has 0 saturated carbocycles. The van der Waals surface area contributed by atoms with E-state index in [4.69, 9.17) is 0 Å². The molecule has 1 aromatic rings. The first-order valence-electron chi connectivity index (χ1n) is 8.73. The summed E-state index contributed by atoms with van der Waals surface area (Å²) >= 11 is 0. The number of rotatable bonds is 5. The highest BCUT2D eigenvalue weighted by Crippen LogP contribution is 2.19. The topological polar surface area (TPSA) is 63.1 Å². The first kappa shape index (κ1) is 16.2. The molecule has 6 heteroatoms. The summed E-state index contributed by atoms with van der Waals surface area (Å²) in [5, 5.41) is 11.4. The molecule has 1 aliphatic carbocycles. The molecule has 1 atom stereocenters. The molecule has 126 valence electrons. The summed E-state index contributed by atoms with van der Waals surface area (Å²) in [7, 11) is 0. The fraction of sp³-hybridized carbons (Fsp3) is 0.706. The predicted octanol–water partition coefficient (Wildman–Crippen LogP) is 1.80. The van der Waals surface area contributed by atoms with Gasteiger partial charge in [0.25, 0.3) is 0 Å². The summed E-state index contributed by atoms with van der Waals surface area (Å²) in [6.45, 7) is 7.12. The van der Waals surface area contributed by atoms with Crippen LogP contribution in [0.4, 0.5) is 0 Å². The van der Waals surface area contributed by atoms with Gasteiger partial charge in [-0.25, -0.2) is 0 Å². The van der Waals surface area contributed by atoms with E-state index < -0.39 is 0 Å². The van der Waals surface area contributed by atoms with Gasteiger partial charge in [-0.1, -0.05) is 11.6 Å². The molecule has 0 radical (unpaired) electrons. The third-order valence-electron chi connectivity index (χ3n) is 5.03. The summed E-state index contributed by atoms with van der Waals surface area (Å²) in [4.78, 5) is 14.6. The van der Waals surface area contributed by atoms with Crippen LogP contribution >= 0.6 is 0 Å². The van der Waals surface area contributed by atoms with Gasteiger partial charge in [0.2, 0.25) is 5.91 Å². The molecule has 2 heterocycles. The van der Waals surface area contributed by atoms with Gasteiger partial charge in [0.05, 0.1) is 12.6 Å². The van der Waals surface area contributed by atoms with E-state index in [9.17, 15) is 4.79 Å². The van der Waals surface area contributed by atoms with Crippen molar-refractivity contribution in [2.45, 2.75) is 65.1 Å². The van der Waals surface area contributed by atoms with Crippen LogP contribution in [-0.2, 0) is 17.9 Å². The molecule has 1 aliphatic heterocycles. The van der Waals surface area contributed by atoms with E-state index in [2.05, 4.69) is 31.1 Å². The number of amides is 1. The average Bonchev–Trinajstić information content (AvgIpc) is 2.95. The zero-order chi connectivity index (χ0) is 16.2. The first-order chi connectivity index (χ1) is 11.1. The average molecular weight is 317 g/mol. The standard InChI is InChI=1S/C17H27N5O/c1-13(17(23)18-9-8-15-6-4-3-5-7-15)21-10-11-22-14(2)19-20-16(22)12-21/h6,13H,3-5,7-12H2,1-2H3,(H,18,23)/t13-/m0/s1. The van der Waals surface area contributed by atoms with E-state index in [1.165, 1.54) is 31.3 Å². The maximum Gasteiger partial charge on any atom is 0.237 e. The van der Waals surface area contributed by atoms with Gasteiger partial charge in [-0.05, 0) is 46.0 Å². The van der Waals surface area contributed by atoms with Crippen molar-refractivity contribution in [2.75, 3.05) is 13.1 Å².